The largest absolute Gasteiger partial charge is 0.357 e. The molecule has 1 aromatic carbocycles. The summed E-state index contributed by atoms with van der Waals surface area (Å²) in [6, 6.07) is 21.9. The van der Waals surface area contributed by atoms with E-state index in [1.54, 1.807) is 12.4 Å². The number of amides is 1. The summed E-state index contributed by atoms with van der Waals surface area (Å²) in [6.45, 7) is 0.589. The predicted molar refractivity (Wildman–Crippen MR) is 138 cm³/mol. The second-order valence-electron chi connectivity index (χ2n) is 9.59. The molecule has 2 unspecified atom stereocenters. The van der Waals surface area contributed by atoms with Crippen LogP contribution >= 0.6 is 0 Å². The molecular weight excluding hydrogens is 450 g/mol. The molecule has 36 heavy (non-hydrogen) atoms. The lowest BCUT2D eigenvalue weighted by Crippen LogP contribution is -2.47. The van der Waals surface area contributed by atoms with Gasteiger partial charge in [0.15, 0.2) is 0 Å². The van der Waals surface area contributed by atoms with Gasteiger partial charge in [0.05, 0.1) is 28.9 Å². The molecule has 7 nitrogen and oxygen atoms in total. The van der Waals surface area contributed by atoms with Crippen LogP contribution in [0.15, 0.2) is 89.8 Å². The van der Waals surface area contributed by atoms with Crippen molar-refractivity contribution in [3.8, 4) is 0 Å². The van der Waals surface area contributed by atoms with Gasteiger partial charge in [0.1, 0.15) is 5.60 Å². The lowest BCUT2D eigenvalue weighted by atomic mass is 9.77. The molecule has 5 heterocycles. The SMILES string of the molecule is O=C(NCCc1ccccc1)C12CCC3C(c4ccccn4)=NNC(c4ccccn4)=C3[C@@H](CC1)O2. The summed E-state index contributed by atoms with van der Waals surface area (Å²) < 4.78 is 6.67. The Morgan fingerprint density at radius 3 is 2.42 bits per heavy atom. The number of benzene rings is 1. The number of pyridine rings is 2. The molecule has 3 aromatic rings. The molecule has 182 valence electrons. The standard InChI is InChI=1S/C29H29N5O2/c35-28(32-19-14-20-8-2-1-3-9-20)29-15-12-21-25(24(36-29)13-16-29)27(23-11-5-7-18-31-23)34-33-26(21)22-10-4-6-17-30-22/h1-11,17-18,21,24,34H,12-16,19H2,(H,32,35)/t21?,24-,29?/m1/s1. The van der Waals surface area contributed by atoms with Gasteiger partial charge >= 0.3 is 0 Å². The summed E-state index contributed by atoms with van der Waals surface area (Å²) in [6.07, 6.45) is 7.06. The zero-order chi connectivity index (χ0) is 24.4. The highest BCUT2D eigenvalue weighted by Crippen LogP contribution is 2.48. The Hall–Kier alpha value is -3.84. The number of aromatic nitrogens is 2. The van der Waals surface area contributed by atoms with Gasteiger partial charge in [-0.25, -0.2) is 0 Å². The third kappa shape index (κ3) is 4.20. The maximum absolute atomic E-state index is 13.5. The Bertz CT molecular complexity index is 1290. The highest BCUT2D eigenvalue weighted by molar-refractivity contribution is 6.05. The highest BCUT2D eigenvalue weighted by Gasteiger charge is 2.52. The van der Waals surface area contributed by atoms with Crippen molar-refractivity contribution in [3.05, 3.63) is 102 Å². The van der Waals surface area contributed by atoms with E-state index in [4.69, 9.17) is 9.84 Å². The topological polar surface area (TPSA) is 88.5 Å². The molecule has 2 saturated heterocycles. The van der Waals surface area contributed by atoms with Gasteiger partial charge in [-0.2, -0.15) is 5.10 Å². The lowest BCUT2D eigenvalue weighted by Gasteiger charge is -2.30. The Morgan fingerprint density at radius 1 is 0.944 bits per heavy atom. The van der Waals surface area contributed by atoms with Crippen molar-refractivity contribution < 1.29 is 9.53 Å². The minimum atomic E-state index is -0.823. The van der Waals surface area contributed by atoms with E-state index in [2.05, 4.69) is 32.8 Å². The van der Waals surface area contributed by atoms with Crippen LogP contribution in [0.3, 0.4) is 0 Å². The van der Waals surface area contributed by atoms with E-state index in [1.165, 1.54) is 5.56 Å². The molecule has 0 aliphatic carbocycles. The number of carbonyl (C=O) groups is 1. The molecule has 6 rings (SSSR count). The fourth-order valence-corrected chi connectivity index (χ4v) is 5.67. The van der Waals surface area contributed by atoms with Crippen LogP contribution in [0.4, 0.5) is 0 Å². The molecule has 2 fully saturated rings. The predicted octanol–water partition coefficient (Wildman–Crippen LogP) is 3.88. The van der Waals surface area contributed by atoms with Crippen LogP contribution in [0.1, 0.15) is 42.6 Å². The van der Waals surface area contributed by atoms with E-state index in [1.807, 2.05) is 54.6 Å². The summed E-state index contributed by atoms with van der Waals surface area (Å²) in [5.41, 5.74) is 8.22. The van der Waals surface area contributed by atoms with E-state index in [9.17, 15) is 4.79 Å². The van der Waals surface area contributed by atoms with Gasteiger partial charge in [-0.15, -0.1) is 0 Å². The van der Waals surface area contributed by atoms with E-state index in [0.717, 1.165) is 47.6 Å². The Balaban J connectivity index is 1.29. The van der Waals surface area contributed by atoms with Gasteiger partial charge in [-0.05, 0) is 67.5 Å². The Morgan fingerprint density at radius 2 is 1.67 bits per heavy atom. The third-order valence-corrected chi connectivity index (χ3v) is 7.45. The van der Waals surface area contributed by atoms with Gasteiger partial charge in [0.25, 0.3) is 5.91 Å². The summed E-state index contributed by atoms with van der Waals surface area (Å²) in [7, 11) is 0. The fraction of sp³-hybridized carbons (Fsp3) is 0.310. The third-order valence-electron chi connectivity index (χ3n) is 7.45. The first-order chi connectivity index (χ1) is 17.7. The van der Waals surface area contributed by atoms with Gasteiger partial charge in [-0.3, -0.25) is 20.2 Å². The number of ether oxygens (including phenoxy) is 1. The maximum atomic E-state index is 13.5. The maximum Gasteiger partial charge on any atom is 0.252 e. The Kier molecular flexibility index (Phi) is 6.07. The molecular formula is C29H29N5O2. The summed E-state index contributed by atoms with van der Waals surface area (Å²) in [5.74, 6) is -0.00806. The molecule has 0 radical (unpaired) electrons. The molecule has 3 aliphatic heterocycles. The van der Waals surface area contributed by atoms with Crippen LogP contribution in [0.25, 0.3) is 5.70 Å². The average Bonchev–Trinajstić information content (AvgIpc) is 3.30. The molecule has 3 atom stereocenters. The van der Waals surface area contributed by atoms with Crippen LogP contribution in [0.2, 0.25) is 0 Å². The number of nitrogens with one attached hydrogen (secondary N) is 2. The van der Waals surface area contributed by atoms with Crippen molar-refractivity contribution in [2.75, 3.05) is 6.54 Å². The first kappa shape index (κ1) is 22.6. The summed E-state index contributed by atoms with van der Waals surface area (Å²) >= 11 is 0. The van der Waals surface area contributed by atoms with Gasteiger partial charge in [0.2, 0.25) is 0 Å². The van der Waals surface area contributed by atoms with E-state index < -0.39 is 5.60 Å². The minimum Gasteiger partial charge on any atom is -0.357 e. The van der Waals surface area contributed by atoms with Crippen molar-refractivity contribution in [2.24, 2.45) is 11.0 Å². The molecule has 0 saturated carbocycles. The molecule has 7 heteroatoms. The van der Waals surface area contributed by atoms with Crippen molar-refractivity contribution in [1.82, 2.24) is 20.7 Å². The van der Waals surface area contributed by atoms with Gasteiger partial charge < -0.3 is 10.1 Å². The number of carbonyl (C=O) groups excluding carboxylic acids is 1. The zero-order valence-corrected chi connectivity index (χ0v) is 20.1. The molecule has 2 bridgehead atoms. The Labute approximate surface area is 210 Å². The van der Waals surface area contributed by atoms with Crippen molar-refractivity contribution >= 4 is 17.3 Å². The van der Waals surface area contributed by atoms with Crippen molar-refractivity contribution in [1.29, 1.82) is 0 Å². The molecule has 2 N–H and O–H groups in total. The molecule has 1 amide bonds. The number of hydrazone groups is 1. The van der Waals surface area contributed by atoms with Gasteiger partial charge in [0, 0.05) is 24.9 Å². The van der Waals surface area contributed by atoms with Crippen molar-refractivity contribution in [2.45, 2.75) is 43.8 Å². The van der Waals surface area contributed by atoms with Crippen LogP contribution in [0.5, 0.6) is 0 Å². The number of fused-ring (bicyclic) bond motifs is 4. The fourth-order valence-electron chi connectivity index (χ4n) is 5.67. The lowest BCUT2D eigenvalue weighted by molar-refractivity contribution is -0.144. The van der Waals surface area contributed by atoms with Crippen LogP contribution < -0.4 is 10.7 Å². The van der Waals surface area contributed by atoms with Crippen LogP contribution in [0, 0.1) is 5.92 Å². The highest BCUT2D eigenvalue weighted by atomic mass is 16.5. The van der Waals surface area contributed by atoms with E-state index >= 15 is 0 Å². The summed E-state index contributed by atoms with van der Waals surface area (Å²) in [5, 5.41) is 7.93. The molecule has 3 aliphatic rings. The van der Waals surface area contributed by atoms with E-state index in [0.29, 0.717) is 19.4 Å². The number of hydrogen-bond donors (Lipinski definition) is 2. The average molecular weight is 480 g/mol. The molecule has 2 aromatic heterocycles. The van der Waals surface area contributed by atoms with Crippen molar-refractivity contribution in [3.63, 3.8) is 0 Å². The number of nitrogens with zero attached hydrogens (tertiary/aromatic N) is 3. The monoisotopic (exact) mass is 479 g/mol. The normalized spacial score (nSPS) is 24.8. The first-order valence-corrected chi connectivity index (χ1v) is 12.6. The minimum absolute atomic E-state index is 0.00227. The summed E-state index contributed by atoms with van der Waals surface area (Å²) in [4.78, 5) is 22.7. The molecule has 0 spiro atoms. The van der Waals surface area contributed by atoms with E-state index in [-0.39, 0.29) is 17.9 Å². The first-order valence-electron chi connectivity index (χ1n) is 12.6. The smallest absolute Gasteiger partial charge is 0.252 e. The van der Waals surface area contributed by atoms with Crippen LogP contribution in [-0.4, -0.2) is 39.8 Å². The number of hydrogen-bond acceptors (Lipinski definition) is 6. The quantitative estimate of drug-likeness (QED) is 0.560. The zero-order valence-electron chi connectivity index (χ0n) is 20.1. The number of rotatable bonds is 6. The van der Waals surface area contributed by atoms with Gasteiger partial charge in [-0.1, -0.05) is 42.5 Å². The van der Waals surface area contributed by atoms with Crippen LogP contribution in [-0.2, 0) is 16.0 Å². The second kappa shape index (κ2) is 9.66. The second-order valence-corrected chi connectivity index (χ2v) is 9.59.